The molecule has 3 aliphatic heterocycles. The summed E-state index contributed by atoms with van der Waals surface area (Å²) in [5.41, 5.74) is 1.99. The van der Waals surface area contributed by atoms with E-state index in [1.165, 1.54) is 39.7 Å². The molecule has 4 aliphatic rings. The van der Waals surface area contributed by atoms with Gasteiger partial charge in [-0.25, -0.2) is 4.79 Å². The molecule has 0 bridgehead atoms. The van der Waals surface area contributed by atoms with Gasteiger partial charge in [0.05, 0.1) is 26.4 Å². The van der Waals surface area contributed by atoms with E-state index in [0.29, 0.717) is 18.6 Å². The molecule has 0 radical (unpaired) electrons. The zero-order valence-corrected chi connectivity index (χ0v) is 35.9. The van der Waals surface area contributed by atoms with E-state index in [-0.39, 0.29) is 12.5 Å². The van der Waals surface area contributed by atoms with Crippen molar-refractivity contribution in [3.8, 4) is 5.75 Å². The molecule has 58 heavy (non-hydrogen) atoms. The van der Waals surface area contributed by atoms with Crippen LogP contribution in [0.25, 0.3) is 0 Å². The smallest absolute Gasteiger partial charge is 0.344 e. The fourth-order valence-electron chi connectivity index (χ4n) is 11.6. The van der Waals surface area contributed by atoms with Crippen LogP contribution in [0.15, 0.2) is 103 Å². The van der Waals surface area contributed by atoms with Crippen LogP contribution in [-0.2, 0) is 24.5 Å². The summed E-state index contributed by atoms with van der Waals surface area (Å²) in [6.07, 6.45) is 6.78. The highest BCUT2D eigenvalue weighted by atomic mass is 31.2. The number of nitrogens with zero attached hydrogens (tertiary/aromatic N) is 2. The first-order chi connectivity index (χ1) is 27.9. The van der Waals surface area contributed by atoms with Crippen LogP contribution < -0.4 is 25.6 Å². The van der Waals surface area contributed by atoms with Gasteiger partial charge in [0, 0.05) is 48.6 Å². The second kappa shape index (κ2) is 15.3. The molecule has 1 spiro atoms. The van der Waals surface area contributed by atoms with Crippen LogP contribution in [0.3, 0.4) is 0 Å². The Morgan fingerprint density at radius 3 is 1.95 bits per heavy atom. The van der Waals surface area contributed by atoms with Gasteiger partial charge < -0.3 is 24.2 Å². The van der Waals surface area contributed by atoms with Gasteiger partial charge in [0.25, 0.3) is 0 Å². The maximum absolute atomic E-state index is 14.4. The molecule has 3 heterocycles. The standard InChI is InChI=1S/C49H58N2O6P/c1-8-47-27-11-29-51-30-28-48(43(47)51)40-26-19-36(55-6)32-41(40)50(5)44(48)49(54,46(53)56-7)45(47)57-42(52)12-9-10-31-58(37-20-13-33(2)14-21-37,38-22-15-34(3)16-23-38)39-24-17-35(4)18-25-39/h11,13-27,32,43-45,54H,8-10,12,28-31H2,1-7H3/q+1/t43-,44+,45+,47+,48+,49-/m0/s1. The second-order valence-electron chi connectivity index (χ2n) is 17.1. The molecule has 8 rings (SSSR count). The van der Waals surface area contributed by atoms with Gasteiger partial charge in [-0.05, 0) is 101 Å². The normalized spacial score (nSPS) is 27.1. The van der Waals surface area contributed by atoms with E-state index in [9.17, 15) is 14.7 Å². The van der Waals surface area contributed by atoms with E-state index in [4.69, 9.17) is 14.2 Å². The van der Waals surface area contributed by atoms with Crippen LogP contribution >= 0.6 is 7.26 Å². The third-order valence-electron chi connectivity index (χ3n) is 14.1. The van der Waals surface area contributed by atoms with Gasteiger partial charge in [-0.15, -0.1) is 0 Å². The molecular weight excluding hydrogens is 744 g/mol. The highest BCUT2D eigenvalue weighted by molar-refractivity contribution is 7.95. The summed E-state index contributed by atoms with van der Waals surface area (Å²) in [6.45, 7) is 9.99. The molecule has 4 aromatic rings. The summed E-state index contributed by atoms with van der Waals surface area (Å²) in [6, 6.07) is 32.2. The Balaban J connectivity index is 1.13. The Labute approximate surface area is 344 Å². The fraction of sp³-hybridized carbons (Fsp3) is 0.429. The SMILES string of the molecule is CC[C@]12C=CCN3CC[C@@]4(c5ccc(OC)cc5N(C)[C@H]4[C@@](O)(C(=O)OC)[C@@H]1OC(=O)CCCC[P+](c1ccc(C)cc1)(c1ccc(C)cc1)c1ccc(C)cc1)[C@@H]32. The number of likely N-dealkylation sites (N-methyl/N-ethyl adjacent to an activating group) is 1. The molecule has 0 aromatic heterocycles. The summed E-state index contributed by atoms with van der Waals surface area (Å²) >= 11 is 0. The Morgan fingerprint density at radius 2 is 1.41 bits per heavy atom. The van der Waals surface area contributed by atoms with Crippen LogP contribution in [0.2, 0.25) is 0 Å². The third-order valence-corrected chi connectivity index (χ3v) is 18.7. The van der Waals surface area contributed by atoms with E-state index >= 15 is 0 Å². The number of anilines is 1. The minimum atomic E-state index is -2.17. The third kappa shape index (κ3) is 5.96. The lowest BCUT2D eigenvalue weighted by molar-refractivity contribution is -0.229. The van der Waals surface area contributed by atoms with Crippen molar-refractivity contribution in [2.24, 2.45) is 5.41 Å². The number of unbranched alkanes of at least 4 members (excludes halogenated alkanes) is 1. The van der Waals surface area contributed by atoms with Crippen LogP contribution in [-0.4, -0.2) is 86.3 Å². The molecule has 1 N–H and O–H groups in total. The Kier molecular flexibility index (Phi) is 10.6. The van der Waals surface area contributed by atoms with Crippen molar-refractivity contribution in [2.45, 2.75) is 89.0 Å². The predicted octanol–water partition coefficient (Wildman–Crippen LogP) is 6.71. The number of hydrogen-bond donors (Lipinski definition) is 1. The van der Waals surface area contributed by atoms with E-state index in [1.54, 1.807) is 7.11 Å². The number of benzene rings is 4. The van der Waals surface area contributed by atoms with Crippen molar-refractivity contribution in [2.75, 3.05) is 45.4 Å². The molecule has 1 aliphatic carbocycles. The topological polar surface area (TPSA) is 88.5 Å². The van der Waals surface area contributed by atoms with Gasteiger partial charge in [-0.1, -0.05) is 78.2 Å². The number of carbonyl (C=O) groups excluding carboxylic acids is 2. The number of esters is 2. The molecule has 9 heteroatoms. The lowest BCUT2D eigenvalue weighted by atomic mass is 9.47. The Bertz CT molecular complexity index is 2090. The van der Waals surface area contributed by atoms with E-state index in [2.05, 4.69) is 124 Å². The van der Waals surface area contributed by atoms with Crippen LogP contribution in [0.5, 0.6) is 5.75 Å². The molecule has 4 aromatic carbocycles. The monoisotopic (exact) mass is 801 g/mol. The summed E-state index contributed by atoms with van der Waals surface area (Å²) in [5.74, 6) is -0.501. The number of carbonyl (C=O) groups is 2. The van der Waals surface area contributed by atoms with Gasteiger partial charge in [-0.3, -0.25) is 9.69 Å². The summed E-state index contributed by atoms with van der Waals surface area (Å²) < 4.78 is 17.8. The summed E-state index contributed by atoms with van der Waals surface area (Å²) in [4.78, 5) is 33.2. The van der Waals surface area contributed by atoms with Gasteiger partial charge in [0.15, 0.2) is 6.10 Å². The van der Waals surface area contributed by atoms with Crippen molar-refractivity contribution in [3.63, 3.8) is 0 Å². The second-order valence-corrected chi connectivity index (χ2v) is 20.8. The minimum absolute atomic E-state index is 0.122. The first kappa shape index (κ1) is 40.3. The van der Waals surface area contributed by atoms with Crippen molar-refractivity contribution < 1.29 is 28.9 Å². The maximum atomic E-state index is 14.4. The molecule has 6 atom stereocenters. The highest BCUT2D eigenvalue weighted by Crippen LogP contribution is 2.67. The van der Waals surface area contributed by atoms with Crippen molar-refractivity contribution in [3.05, 3.63) is 125 Å². The molecule has 304 valence electrons. The van der Waals surface area contributed by atoms with Crippen LogP contribution in [0.4, 0.5) is 5.69 Å². The largest absolute Gasteiger partial charge is 0.497 e. The predicted molar refractivity (Wildman–Crippen MR) is 234 cm³/mol. The van der Waals surface area contributed by atoms with Gasteiger partial charge >= 0.3 is 11.9 Å². The zero-order chi connectivity index (χ0) is 41.0. The minimum Gasteiger partial charge on any atom is -0.497 e. The lowest BCUT2D eigenvalue weighted by Crippen LogP contribution is -2.81. The number of ether oxygens (including phenoxy) is 3. The van der Waals surface area contributed by atoms with Gasteiger partial charge in [-0.2, -0.15) is 0 Å². The van der Waals surface area contributed by atoms with E-state index < -0.39 is 47.8 Å². The van der Waals surface area contributed by atoms with Crippen LogP contribution in [0.1, 0.15) is 61.3 Å². The first-order valence-electron chi connectivity index (χ1n) is 20.8. The average Bonchev–Trinajstić information content (AvgIpc) is 3.75. The number of aliphatic hydroxyl groups is 1. The quantitative estimate of drug-likeness (QED) is 0.0733. The highest BCUT2D eigenvalue weighted by Gasteiger charge is 2.80. The lowest BCUT2D eigenvalue weighted by Gasteiger charge is -2.63. The van der Waals surface area contributed by atoms with Crippen LogP contribution in [0, 0.1) is 26.2 Å². The molecule has 8 nitrogen and oxygen atoms in total. The van der Waals surface area contributed by atoms with Crippen molar-refractivity contribution in [1.82, 2.24) is 4.90 Å². The van der Waals surface area contributed by atoms with E-state index in [0.717, 1.165) is 43.3 Å². The first-order valence-corrected chi connectivity index (χ1v) is 22.8. The Hall–Kier alpha value is -4.49. The number of rotatable bonds is 12. The summed E-state index contributed by atoms with van der Waals surface area (Å²) in [7, 11) is 2.75. The number of aryl methyl sites for hydroxylation is 3. The number of hydrogen-bond acceptors (Lipinski definition) is 8. The molecule has 0 amide bonds. The Morgan fingerprint density at radius 1 is 0.828 bits per heavy atom. The number of methoxy groups -OCH3 is 2. The molecule has 2 fully saturated rings. The van der Waals surface area contributed by atoms with Gasteiger partial charge in [0.2, 0.25) is 5.60 Å². The van der Waals surface area contributed by atoms with E-state index in [1.807, 2.05) is 24.1 Å². The molecule has 1 saturated heterocycles. The number of fused-ring (bicyclic) bond motifs is 1. The van der Waals surface area contributed by atoms with Gasteiger partial charge in [0.1, 0.15) is 28.9 Å². The van der Waals surface area contributed by atoms with Crippen molar-refractivity contribution >= 4 is 40.8 Å². The average molecular weight is 802 g/mol. The molecule has 0 unspecified atom stereocenters. The summed E-state index contributed by atoms with van der Waals surface area (Å²) in [5, 5.41) is 17.2. The fourth-order valence-corrected chi connectivity index (χ4v) is 15.9. The zero-order valence-electron chi connectivity index (χ0n) is 35.0. The molecule has 1 saturated carbocycles. The van der Waals surface area contributed by atoms with Crippen molar-refractivity contribution in [1.29, 1.82) is 0 Å². The maximum Gasteiger partial charge on any atom is 0.344 e. The molecular formula is C49H58N2O6P+.